The molecule has 0 saturated carbocycles. The van der Waals surface area contributed by atoms with Crippen LogP contribution in [0.3, 0.4) is 0 Å². The van der Waals surface area contributed by atoms with E-state index in [2.05, 4.69) is 277 Å². The van der Waals surface area contributed by atoms with Gasteiger partial charge in [0.2, 0.25) is 0 Å². The summed E-state index contributed by atoms with van der Waals surface area (Å²) >= 11 is 0. The normalized spacial score (nSPS) is 11.0. The van der Waals surface area contributed by atoms with Gasteiger partial charge < -0.3 is 9.80 Å². The summed E-state index contributed by atoms with van der Waals surface area (Å²) in [5.74, 6) is 0. The zero-order valence-electron chi connectivity index (χ0n) is 38.3. The van der Waals surface area contributed by atoms with Crippen molar-refractivity contribution in [2.75, 3.05) is 9.80 Å². The van der Waals surface area contributed by atoms with Crippen LogP contribution in [0.5, 0.6) is 0 Å². The Balaban J connectivity index is 0.923. The Morgan fingerprint density at radius 2 is 0.449 bits per heavy atom. The van der Waals surface area contributed by atoms with Gasteiger partial charge in [0.25, 0.3) is 0 Å². The zero-order valence-corrected chi connectivity index (χ0v) is 38.3. The quantitative estimate of drug-likeness (QED) is 0.122. The smallest absolute Gasteiger partial charge is 0.0968 e. The standard InChI is InChI=1S/C65H48N4/c1-47-46-66-64(56-30-42-62(43-31-56)68(58-34-22-52(23-35-58)48-14-6-2-7-15-48)59-36-24-53(25-37-59)49-16-8-3-9-17-49)65(67-47)57-32-44-63(45-33-57)69(60-38-26-54(27-39-60)50-18-10-4-11-19-50)61-40-28-55(29-41-61)51-20-12-5-13-21-51/h2-46H,1H3. The highest BCUT2D eigenvalue weighted by Gasteiger charge is 2.18. The van der Waals surface area contributed by atoms with Gasteiger partial charge in [-0.25, -0.2) is 4.98 Å². The summed E-state index contributed by atoms with van der Waals surface area (Å²) in [6, 6.07) is 94.7. The van der Waals surface area contributed by atoms with Gasteiger partial charge in [-0.2, -0.15) is 0 Å². The second-order valence-electron chi connectivity index (χ2n) is 17.1. The van der Waals surface area contributed by atoms with Crippen LogP contribution in [0.25, 0.3) is 67.0 Å². The van der Waals surface area contributed by atoms with Crippen LogP contribution in [0.15, 0.2) is 273 Å². The summed E-state index contributed by atoms with van der Waals surface area (Å²) in [6.07, 6.45) is 1.86. The Morgan fingerprint density at radius 1 is 0.232 bits per heavy atom. The molecule has 1 heterocycles. The summed E-state index contributed by atoms with van der Waals surface area (Å²) < 4.78 is 0. The van der Waals surface area contributed by atoms with Crippen molar-refractivity contribution >= 4 is 34.1 Å². The second-order valence-corrected chi connectivity index (χ2v) is 17.1. The van der Waals surface area contributed by atoms with E-state index in [0.29, 0.717) is 0 Å². The highest BCUT2D eigenvalue weighted by molar-refractivity contribution is 5.85. The number of nitrogens with zero attached hydrogens (tertiary/aromatic N) is 4. The lowest BCUT2D eigenvalue weighted by Crippen LogP contribution is -2.10. The van der Waals surface area contributed by atoms with Gasteiger partial charge in [-0.1, -0.05) is 194 Å². The van der Waals surface area contributed by atoms with Crippen LogP contribution < -0.4 is 9.80 Å². The number of aromatic nitrogens is 2. The molecular formula is C65H48N4. The summed E-state index contributed by atoms with van der Waals surface area (Å²) in [7, 11) is 0. The van der Waals surface area contributed by atoms with Gasteiger partial charge in [0, 0.05) is 51.4 Å². The van der Waals surface area contributed by atoms with E-state index >= 15 is 0 Å². The first-order valence-electron chi connectivity index (χ1n) is 23.4. The number of hydrogen-bond donors (Lipinski definition) is 0. The SMILES string of the molecule is Cc1cnc(-c2ccc(N(c3ccc(-c4ccccc4)cc3)c3ccc(-c4ccccc4)cc3)cc2)c(-c2ccc(N(c3ccc(-c4ccccc4)cc3)c3ccc(-c4ccccc4)cc3)cc2)n1. The summed E-state index contributed by atoms with van der Waals surface area (Å²) in [6.45, 7) is 2.00. The summed E-state index contributed by atoms with van der Waals surface area (Å²) in [4.78, 5) is 14.8. The minimum Gasteiger partial charge on any atom is -0.311 e. The van der Waals surface area contributed by atoms with Crippen LogP contribution in [0, 0.1) is 6.92 Å². The van der Waals surface area contributed by atoms with E-state index in [9.17, 15) is 0 Å². The third-order valence-corrected chi connectivity index (χ3v) is 12.6. The minimum atomic E-state index is 0.829. The van der Waals surface area contributed by atoms with Crippen molar-refractivity contribution < 1.29 is 0 Å². The maximum atomic E-state index is 5.12. The molecule has 0 unspecified atom stereocenters. The highest BCUT2D eigenvalue weighted by Crippen LogP contribution is 2.41. The van der Waals surface area contributed by atoms with Crippen LogP contribution in [-0.2, 0) is 0 Å². The average molecular weight is 885 g/mol. The van der Waals surface area contributed by atoms with Crippen LogP contribution >= 0.6 is 0 Å². The number of aryl methyl sites for hydroxylation is 1. The lowest BCUT2D eigenvalue weighted by Gasteiger charge is -2.26. The molecule has 0 aliphatic rings. The number of rotatable bonds is 12. The maximum Gasteiger partial charge on any atom is 0.0968 e. The molecule has 11 rings (SSSR count). The van der Waals surface area contributed by atoms with Crippen molar-refractivity contribution in [1.29, 1.82) is 0 Å². The summed E-state index contributed by atoms with van der Waals surface area (Å²) in [5, 5.41) is 0. The Morgan fingerprint density at radius 3 is 0.710 bits per heavy atom. The highest BCUT2D eigenvalue weighted by atomic mass is 15.1. The molecule has 1 aromatic heterocycles. The fourth-order valence-corrected chi connectivity index (χ4v) is 9.06. The van der Waals surface area contributed by atoms with Gasteiger partial charge in [0.1, 0.15) is 0 Å². The predicted octanol–water partition coefficient (Wildman–Crippen LogP) is 17.7. The number of hydrogen-bond acceptors (Lipinski definition) is 4. The third kappa shape index (κ3) is 9.20. The number of benzene rings is 10. The first kappa shape index (κ1) is 42.5. The first-order valence-corrected chi connectivity index (χ1v) is 23.4. The minimum absolute atomic E-state index is 0.829. The Bertz CT molecular complexity index is 3250. The molecule has 0 aliphatic carbocycles. The molecule has 0 bridgehead atoms. The molecule has 0 radical (unpaired) electrons. The Kier molecular flexibility index (Phi) is 11.9. The molecule has 0 saturated heterocycles. The maximum absolute atomic E-state index is 5.12. The Labute approximate surface area is 404 Å². The van der Waals surface area contributed by atoms with E-state index in [1.165, 1.54) is 44.5 Å². The van der Waals surface area contributed by atoms with Crippen molar-refractivity contribution in [3.05, 3.63) is 279 Å². The van der Waals surface area contributed by atoms with Gasteiger partial charge in [0.15, 0.2) is 0 Å². The molecule has 0 spiro atoms. The van der Waals surface area contributed by atoms with Gasteiger partial charge in [-0.15, -0.1) is 0 Å². The van der Waals surface area contributed by atoms with Crippen LogP contribution in [0.4, 0.5) is 34.1 Å². The van der Waals surface area contributed by atoms with Gasteiger partial charge in [-0.05, 0) is 124 Å². The molecule has 0 N–H and O–H groups in total. The summed E-state index contributed by atoms with van der Waals surface area (Å²) in [5.41, 5.74) is 20.3. The van der Waals surface area contributed by atoms with E-state index in [1.54, 1.807) is 0 Å². The van der Waals surface area contributed by atoms with E-state index in [-0.39, 0.29) is 0 Å². The van der Waals surface area contributed by atoms with Crippen LogP contribution in [0.2, 0.25) is 0 Å². The fraction of sp³-hybridized carbons (Fsp3) is 0.0154. The molecule has 4 heteroatoms. The molecule has 0 aliphatic heterocycles. The molecule has 10 aromatic carbocycles. The van der Waals surface area contributed by atoms with Crippen molar-refractivity contribution in [2.24, 2.45) is 0 Å². The fourth-order valence-electron chi connectivity index (χ4n) is 9.06. The Hall–Kier alpha value is -9.12. The molecule has 0 amide bonds. The molecule has 0 atom stereocenters. The van der Waals surface area contributed by atoms with Crippen LogP contribution in [-0.4, -0.2) is 9.97 Å². The molecule has 328 valence electrons. The van der Waals surface area contributed by atoms with Gasteiger partial charge in [0.05, 0.1) is 17.1 Å². The molecular weight excluding hydrogens is 837 g/mol. The van der Waals surface area contributed by atoms with E-state index in [1.807, 2.05) is 13.1 Å². The second kappa shape index (κ2) is 19.4. The third-order valence-electron chi connectivity index (χ3n) is 12.6. The lowest BCUT2D eigenvalue weighted by molar-refractivity contribution is 1.13. The molecule has 0 fully saturated rings. The lowest BCUT2D eigenvalue weighted by atomic mass is 10.0. The average Bonchev–Trinajstić information content (AvgIpc) is 3.43. The monoisotopic (exact) mass is 884 g/mol. The zero-order chi connectivity index (χ0) is 46.4. The van der Waals surface area contributed by atoms with Crippen molar-refractivity contribution in [3.8, 4) is 67.0 Å². The van der Waals surface area contributed by atoms with E-state index in [0.717, 1.165) is 62.3 Å². The van der Waals surface area contributed by atoms with Crippen LogP contribution in [0.1, 0.15) is 5.69 Å². The molecule has 69 heavy (non-hydrogen) atoms. The van der Waals surface area contributed by atoms with Gasteiger partial charge in [-0.3, -0.25) is 4.98 Å². The predicted molar refractivity (Wildman–Crippen MR) is 289 cm³/mol. The van der Waals surface area contributed by atoms with Crippen molar-refractivity contribution in [1.82, 2.24) is 9.97 Å². The number of anilines is 6. The van der Waals surface area contributed by atoms with E-state index in [4.69, 9.17) is 9.97 Å². The van der Waals surface area contributed by atoms with E-state index < -0.39 is 0 Å². The largest absolute Gasteiger partial charge is 0.311 e. The molecule has 4 nitrogen and oxygen atoms in total. The van der Waals surface area contributed by atoms with Crippen molar-refractivity contribution in [2.45, 2.75) is 6.92 Å². The first-order chi connectivity index (χ1) is 34.1. The van der Waals surface area contributed by atoms with Crippen molar-refractivity contribution in [3.63, 3.8) is 0 Å². The molecule has 11 aromatic rings. The topological polar surface area (TPSA) is 32.3 Å². The van der Waals surface area contributed by atoms with Gasteiger partial charge >= 0.3 is 0 Å².